The van der Waals surface area contributed by atoms with E-state index in [1.807, 2.05) is 24.3 Å². The molecule has 114 valence electrons. The van der Waals surface area contributed by atoms with Crippen LogP contribution >= 0.6 is 12.2 Å². The molecule has 3 nitrogen and oxygen atoms in total. The standard InChI is InChI=1S/C17H25N3S/c1-3-5-6-14(4-2)13-19-17(21)20-16-9-7-15(8-10-16)11-12-18/h7-10,14H,3-6,11,13H2,1-2H3,(H2,19,20,21)/t14-/m1/s1. The molecule has 1 rings (SSSR count). The molecule has 0 unspecified atom stereocenters. The summed E-state index contributed by atoms with van der Waals surface area (Å²) < 4.78 is 0. The Bertz CT molecular complexity index is 462. The zero-order valence-corrected chi connectivity index (χ0v) is 13.8. The van der Waals surface area contributed by atoms with Crippen molar-refractivity contribution in [1.29, 1.82) is 5.26 Å². The van der Waals surface area contributed by atoms with Gasteiger partial charge < -0.3 is 10.6 Å². The minimum atomic E-state index is 0.443. The maximum Gasteiger partial charge on any atom is 0.170 e. The Morgan fingerprint density at radius 3 is 2.57 bits per heavy atom. The number of thiocarbonyl (C=S) groups is 1. The van der Waals surface area contributed by atoms with E-state index in [-0.39, 0.29) is 0 Å². The second-order valence-corrected chi connectivity index (χ2v) is 5.69. The molecule has 0 heterocycles. The van der Waals surface area contributed by atoms with Gasteiger partial charge in [-0.3, -0.25) is 0 Å². The lowest BCUT2D eigenvalue weighted by Crippen LogP contribution is -2.32. The summed E-state index contributed by atoms with van der Waals surface area (Å²) >= 11 is 5.32. The Balaban J connectivity index is 2.37. The average Bonchev–Trinajstić information content (AvgIpc) is 2.50. The summed E-state index contributed by atoms with van der Waals surface area (Å²) in [6, 6.07) is 9.95. The first-order chi connectivity index (χ1) is 10.2. The van der Waals surface area contributed by atoms with Crippen molar-refractivity contribution in [3.05, 3.63) is 29.8 Å². The summed E-state index contributed by atoms with van der Waals surface area (Å²) in [5.74, 6) is 0.683. The minimum absolute atomic E-state index is 0.443. The summed E-state index contributed by atoms with van der Waals surface area (Å²) in [6.45, 7) is 5.38. The molecule has 1 atom stereocenters. The van der Waals surface area contributed by atoms with Gasteiger partial charge in [-0.2, -0.15) is 5.26 Å². The Labute approximate surface area is 133 Å². The molecular formula is C17H25N3S. The van der Waals surface area contributed by atoms with E-state index in [0.29, 0.717) is 17.5 Å². The van der Waals surface area contributed by atoms with Crippen LogP contribution in [-0.4, -0.2) is 11.7 Å². The van der Waals surface area contributed by atoms with Crippen LogP contribution in [0.3, 0.4) is 0 Å². The maximum absolute atomic E-state index is 8.64. The number of unbranched alkanes of at least 4 members (excludes halogenated alkanes) is 1. The Kier molecular flexibility index (Phi) is 8.45. The summed E-state index contributed by atoms with van der Waals surface area (Å²) in [4.78, 5) is 0. The Morgan fingerprint density at radius 1 is 1.29 bits per heavy atom. The van der Waals surface area contributed by atoms with Crippen molar-refractivity contribution in [2.24, 2.45) is 5.92 Å². The van der Waals surface area contributed by atoms with Crippen molar-refractivity contribution >= 4 is 23.0 Å². The number of hydrogen-bond donors (Lipinski definition) is 2. The number of hydrogen-bond acceptors (Lipinski definition) is 2. The van der Waals surface area contributed by atoms with Crippen molar-refractivity contribution in [2.75, 3.05) is 11.9 Å². The zero-order chi connectivity index (χ0) is 15.5. The smallest absolute Gasteiger partial charge is 0.170 e. The van der Waals surface area contributed by atoms with Gasteiger partial charge in [0.05, 0.1) is 12.5 Å². The fraction of sp³-hybridized carbons (Fsp3) is 0.529. The lowest BCUT2D eigenvalue weighted by atomic mass is 9.99. The fourth-order valence-corrected chi connectivity index (χ4v) is 2.35. The highest BCUT2D eigenvalue weighted by atomic mass is 32.1. The quantitative estimate of drug-likeness (QED) is 0.705. The first-order valence-corrected chi connectivity index (χ1v) is 8.11. The van der Waals surface area contributed by atoms with E-state index in [2.05, 4.69) is 30.6 Å². The van der Waals surface area contributed by atoms with E-state index < -0.39 is 0 Å². The molecule has 0 bridgehead atoms. The lowest BCUT2D eigenvalue weighted by molar-refractivity contribution is 0.446. The number of nitriles is 1. The van der Waals surface area contributed by atoms with Gasteiger partial charge in [0.1, 0.15) is 0 Å². The van der Waals surface area contributed by atoms with Crippen molar-refractivity contribution in [2.45, 2.75) is 46.0 Å². The largest absolute Gasteiger partial charge is 0.362 e. The van der Waals surface area contributed by atoms with Crippen molar-refractivity contribution in [3.63, 3.8) is 0 Å². The first-order valence-electron chi connectivity index (χ1n) is 7.70. The third-order valence-corrected chi connectivity index (χ3v) is 3.84. The van der Waals surface area contributed by atoms with Gasteiger partial charge >= 0.3 is 0 Å². The minimum Gasteiger partial charge on any atom is -0.362 e. The molecule has 0 saturated carbocycles. The fourth-order valence-electron chi connectivity index (χ4n) is 2.15. The van der Waals surface area contributed by atoms with E-state index in [9.17, 15) is 0 Å². The molecule has 0 radical (unpaired) electrons. The lowest BCUT2D eigenvalue weighted by Gasteiger charge is -2.17. The van der Waals surface area contributed by atoms with E-state index >= 15 is 0 Å². The third kappa shape index (κ3) is 7.10. The number of nitrogens with one attached hydrogen (secondary N) is 2. The highest BCUT2D eigenvalue weighted by Gasteiger charge is 2.06. The molecule has 0 aliphatic rings. The average molecular weight is 303 g/mol. The van der Waals surface area contributed by atoms with E-state index in [1.54, 1.807) is 0 Å². The van der Waals surface area contributed by atoms with Crippen LogP contribution in [0.5, 0.6) is 0 Å². The highest BCUT2D eigenvalue weighted by molar-refractivity contribution is 7.80. The molecule has 0 aliphatic heterocycles. The SMILES string of the molecule is CCCC[C@@H](CC)CNC(=S)Nc1ccc(CC#N)cc1. The van der Waals surface area contributed by atoms with Crippen LogP contribution < -0.4 is 10.6 Å². The number of anilines is 1. The van der Waals surface area contributed by atoms with Gasteiger partial charge in [0.2, 0.25) is 0 Å². The van der Waals surface area contributed by atoms with Crippen LogP contribution in [0.2, 0.25) is 0 Å². The molecule has 0 aromatic heterocycles. The first kappa shape index (κ1) is 17.5. The highest BCUT2D eigenvalue weighted by Crippen LogP contribution is 2.12. The molecule has 4 heteroatoms. The monoisotopic (exact) mass is 303 g/mol. The Morgan fingerprint density at radius 2 is 2.00 bits per heavy atom. The number of rotatable bonds is 8. The number of nitrogens with zero attached hydrogens (tertiary/aromatic N) is 1. The van der Waals surface area contributed by atoms with Crippen LogP contribution in [0.15, 0.2) is 24.3 Å². The van der Waals surface area contributed by atoms with Gasteiger partial charge in [-0.15, -0.1) is 0 Å². The molecule has 0 amide bonds. The van der Waals surface area contributed by atoms with Crippen LogP contribution in [0.25, 0.3) is 0 Å². The van der Waals surface area contributed by atoms with Gasteiger partial charge in [0, 0.05) is 12.2 Å². The normalized spacial score (nSPS) is 11.5. The van der Waals surface area contributed by atoms with Crippen LogP contribution in [0.1, 0.15) is 45.1 Å². The van der Waals surface area contributed by atoms with Gasteiger partial charge in [-0.05, 0) is 42.3 Å². The van der Waals surface area contributed by atoms with Gasteiger partial charge in [-0.1, -0.05) is 45.2 Å². The third-order valence-electron chi connectivity index (χ3n) is 3.59. The maximum atomic E-state index is 8.64. The molecule has 0 fully saturated rings. The summed E-state index contributed by atoms with van der Waals surface area (Å²) in [7, 11) is 0. The van der Waals surface area contributed by atoms with Crippen LogP contribution in [0, 0.1) is 17.2 Å². The molecule has 1 aromatic carbocycles. The summed E-state index contributed by atoms with van der Waals surface area (Å²) in [6.07, 6.45) is 5.40. The van der Waals surface area contributed by atoms with Crippen molar-refractivity contribution < 1.29 is 0 Å². The molecular weight excluding hydrogens is 278 g/mol. The predicted octanol–water partition coefficient (Wildman–Crippen LogP) is 4.26. The molecule has 21 heavy (non-hydrogen) atoms. The van der Waals surface area contributed by atoms with Crippen LogP contribution in [0.4, 0.5) is 5.69 Å². The van der Waals surface area contributed by atoms with Gasteiger partial charge in [0.25, 0.3) is 0 Å². The van der Waals surface area contributed by atoms with Crippen LogP contribution in [-0.2, 0) is 6.42 Å². The second kappa shape index (κ2) is 10.2. The van der Waals surface area contributed by atoms with E-state index in [1.165, 1.54) is 25.7 Å². The predicted molar refractivity (Wildman–Crippen MR) is 93.3 cm³/mol. The topological polar surface area (TPSA) is 47.8 Å². The second-order valence-electron chi connectivity index (χ2n) is 5.28. The molecule has 0 saturated heterocycles. The molecule has 0 spiro atoms. The van der Waals surface area contributed by atoms with Crippen molar-refractivity contribution in [1.82, 2.24) is 5.32 Å². The summed E-state index contributed by atoms with van der Waals surface area (Å²) in [5.41, 5.74) is 1.98. The van der Waals surface area contributed by atoms with Crippen molar-refractivity contribution in [3.8, 4) is 6.07 Å². The Hall–Kier alpha value is -1.60. The molecule has 2 N–H and O–H groups in total. The van der Waals surface area contributed by atoms with Gasteiger partial charge in [-0.25, -0.2) is 0 Å². The van der Waals surface area contributed by atoms with E-state index in [0.717, 1.165) is 17.8 Å². The molecule has 0 aliphatic carbocycles. The zero-order valence-electron chi connectivity index (χ0n) is 13.0. The number of benzene rings is 1. The van der Waals surface area contributed by atoms with E-state index in [4.69, 9.17) is 17.5 Å². The van der Waals surface area contributed by atoms with Gasteiger partial charge in [0.15, 0.2) is 5.11 Å². The molecule has 1 aromatic rings. The summed E-state index contributed by atoms with van der Waals surface area (Å²) in [5, 5.41) is 15.8.